The van der Waals surface area contributed by atoms with Crippen LogP contribution in [0.15, 0.2) is 18.2 Å². The fourth-order valence-corrected chi connectivity index (χ4v) is 2.57. The summed E-state index contributed by atoms with van der Waals surface area (Å²) in [7, 11) is 0. The zero-order valence-electron chi connectivity index (χ0n) is 13.0. The van der Waals surface area contributed by atoms with Crippen molar-refractivity contribution in [3.8, 4) is 0 Å². The first-order chi connectivity index (χ1) is 11.0. The molecule has 1 aromatic carbocycles. The van der Waals surface area contributed by atoms with Gasteiger partial charge < -0.3 is 16.0 Å². The molecule has 2 aliphatic rings. The Hall–Kier alpha value is -2.57. The van der Waals surface area contributed by atoms with E-state index >= 15 is 0 Å². The first-order valence-corrected chi connectivity index (χ1v) is 7.81. The molecule has 3 rings (SSSR count). The predicted molar refractivity (Wildman–Crippen MR) is 86.4 cm³/mol. The zero-order valence-corrected chi connectivity index (χ0v) is 13.0. The highest BCUT2D eigenvalue weighted by Crippen LogP contribution is 2.31. The van der Waals surface area contributed by atoms with E-state index < -0.39 is 6.03 Å². The smallest absolute Gasteiger partial charge is 0.329 e. The molecule has 23 heavy (non-hydrogen) atoms. The van der Waals surface area contributed by atoms with Crippen LogP contribution in [0.25, 0.3) is 0 Å². The molecule has 0 atom stereocenters. The van der Waals surface area contributed by atoms with Crippen molar-refractivity contribution in [1.29, 1.82) is 0 Å². The quantitative estimate of drug-likeness (QED) is 0.725. The minimum atomic E-state index is -0.441. The number of hydrogen-bond donors (Lipinski definition) is 3. The van der Waals surface area contributed by atoms with Crippen molar-refractivity contribution < 1.29 is 14.4 Å². The molecular weight excluding hydrogens is 296 g/mol. The summed E-state index contributed by atoms with van der Waals surface area (Å²) in [4.78, 5) is 36.6. The highest BCUT2D eigenvalue weighted by Gasteiger charge is 2.31. The van der Waals surface area contributed by atoms with Gasteiger partial charge in [0.05, 0.1) is 12.2 Å². The van der Waals surface area contributed by atoms with Gasteiger partial charge in [0.15, 0.2) is 0 Å². The maximum absolute atomic E-state index is 11.9. The monoisotopic (exact) mass is 316 g/mol. The van der Waals surface area contributed by atoms with E-state index in [-0.39, 0.29) is 18.5 Å². The summed E-state index contributed by atoms with van der Waals surface area (Å²) < 4.78 is 0. The number of aryl methyl sites for hydroxylation is 1. The molecule has 0 aromatic heterocycles. The van der Waals surface area contributed by atoms with Gasteiger partial charge in [0, 0.05) is 12.2 Å². The fraction of sp³-hybridized carbons (Fsp3) is 0.438. The third-order valence-corrected chi connectivity index (χ3v) is 4.09. The van der Waals surface area contributed by atoms with Crippen LogP contribution in [0.2, 0.25) is 0 Å². The Balaban J connectivity index is 1.65. The van der Waals surface area contributed by atoms with Crippen molar-refractivity contribution in [2.75, 3.05) is 23.3 Å². The van der Waals surface area contributed by atoms with Crippen LogP contribution in [0.5, 0.6) is 0 Å². The lowest BCUT2D eigenvalue weighted by atomic mass is 10.1. The van der Waals surface area contributed by atoms with Gasteiger partial charge in [-0.25, -0.2) is 14.5 Å². The van der Waals surface area contributed by atoms with Crippen molar-refractivity contribution >= 4 is 29.3 Å². The molecule has 0 spiro atoms. The molecule has 3 N–H and O–H groups in total. The van der Waals surface area contributed by atoms with E-state index in [1.807, 2.05) is 6.92 Å². The molecule has 1 heterocycles. The molecule has 1 aromatic rings. The topological polar surface area (TPSA) is 90.5 Å². The zero-order chi connectivity index (χ0) is 16.4. The van der Waals surface area contributed by atoms with E-state index in [2.05, 4.69) is 16.0 Å². The number of carbonyl (C=O) groups excluding carboxylic acids is 3. The Morgan fingerprint density at radius 1 is 1.35 bits per heavy atom. The van der Waals surface area contributed by atoms with E-state index in [0.717, 1.165) is 22.8 Å². The number of nitrogens with zero attached hydrogens (tertiary/aromatic N) is 1. The Morgan fingerprint density at radius 2 is 2.13 bits per heavy atom. The highest BCUT2D eigenvalue weighted by atomic mass is 16.2. The largest absolute Gasteiger partial charge is 0.338 e. The number of imide groups is 1. The van der Waals surface area contributed by atoms with Crippen LogP contribution in [0.3, 0.4) is 0 Å². The van der Waals surface area contributed by atoms with Gasteiger partial charge in [0.25, 0.3) is 5.91 Å². The molecule has 1 aliphatic carbocycles. The van der Waals surface area contributed by atoms with Gasteiger partial charge in [0.1, 0.15) is 0 Å². The van der Waals surface area contributed by atoms with Gasteiger partial charge in [0.2, 0.25) is 0 Å². The highest BCUT2D eigenvalue weighted by molar-refractivity contribution is 6.20. The molecule has 0 unspecified atom stereocenters. The predicted octanol–water partition coefficient (Wildman–Crippen LogP) is 1.97. The lowest BCUT2D eigenvalue weighted by Gasteiger charge is -2.17. The molecule has 122 valence electrons. The Labute approximate surface area is 134 Å². The number of carbonyl (C=O) groups is 3. The second-order valence-corrected chi connectivity index (χ2v) is 6.00. The lowest BCUT2D eigenvalue weighted by Crippen LogP contribution is -2.32. The lowest BCUT2D eigenvalue weighted by molar-refractivity contribution is -0.115. The van der Waals surface area contributed by atoms with E-state index in [1.54, 1.807) is 18.2 Å². The molecular formula is C16H20N4O3. The summed E-state index contributed by atoms with van der Waals surface area (Å²) in [6.07, 6.45) is 3.53. The summed E-state index contributed by atoms with van der Waals surface area (Å²) >= 11 is 0. The molecule has 0 bridgehead atoms. The maximum Gasteiger partial charge on any atom is 0.329 e. The van der Waals surface area contributed by atoms with Gasteiger partial charge in [-0.1, -0.05) is 18.9 Å². The van der Waals surface area contributed by atoms with E-state index in [4.69, 9.17) is 0 Å². The van der Waals surface area contributed by atoms with E-state index in [1.165, 1.54) is 12.8 Å². The molecule has 1 saturated carbocycles. The molecule has 1 aliphatic heterocycles. The van der Waals surface area contributed by atoms with Crippen molar-refractivity contribution in [3.05, 3.63) is 23.8 Å². The van der Waals surface area contributed by atoms with Gasteiger partial charge in [-0.2, -0.15) is 0 Å². The number of rotatable bonds is 5. The molecule has 7 nitrogen and oxygen atoms in total. The fourth-order valence-electron chi connectivity index (χ4n) is 2.57. The Kier molecular flexibility index (Phi) is 4.18. The average molecular weight is 316 g/mol. The number of anilines is 2. The number of nitrogens with one attached hydrogen (secondary N) is 3. The van der Waals surface area contributed by atoms with Gasteiger partial charge in [-0.15, -0.1) is 0 Å². The van der Waals surface area contributed by atoms with Crippen molar-refractivity contribution in [2.24, 2.45) is 5.92 Å². The first kappa shape index (κ1) is 15.3. The second kappa shape index (κ2) is 6.28. The third-order valence-electron chi connectivity index (χ3n) is 4.09. The van der Waals surface area contributed by atoms with Crippen LogP contribution in [0, 0.1) is 12.8 Å². The van der Waals surface area contributed by atoms with Crippen molar-refractivity contribution in [1.82, 2.24) is 10.6 Å². The molecule has 0 radical (unpaired) electrons. The Morgan fingerprint density at radius 3 is 2.78 bits per heavy atom. The van der Waals surface area contributed by atoms with Crippen LogP contribution in [0.1, 0.15) is 24.8 Å². The third kappa shape index (κ3) is 3.61. The minimum Gasteiger partial charge on any atom is -0.338 e. The molecule has 2 fully saturated rings. The Bertz CT molecular complexity index is 639. The van der Waals surface area contributed by atoms with Gasteiger partial charge in [-0.05, 0) is 37.0 Å². The van der Waals surface area contributed by atoms with Crippen molar-refractivity contribution in [3.63, 3.8) is 0 Å². The van der Waals surface area contributed by atoms with Crippen LogP contribution >= 0.6 is 0 Å². The van der Waals surface area contributed by atoms with Crippen molar-refractivity contribution in [2.45, 2.75) is 26.2 Å². The summed E-state index contributed by atoms with van der Waals surface area (Å²) in [5, 5.41) is 8.04. The number of amides is 5. The number of hydrogen-bond acceptors (Lipinski definition) is 3. The summed E-state index contributed by atoms with van der Waals surface area (Å²) in [5.41, 5.74) is 1.82. The SMILES string of the molecule is Cc1ccc(NC(=O)NCCC2CC2)cc1N1C(=O)CNC1=O. The first-order valence-electron chi connectivity index (χ1n) is 7.81. The maximum atomic E-state index is 11.9. The van der Waals surface area contributed by atoms with Crippen LogP contribution in [-0.4, -0.2) is 31.1 Å². The summed E-state index contributed by atoms with van der Waals surface area (Å²) in [5.74, 6) is 0.463. The van der Waals surface area contributed by atoms with Crippen LogP contribution < -0.4 is 20.9 Å². The molecule has 7 heteroatoms. The van der Waals surface area contributed by atoms with Crippen LogP contribution in [0.4, 0.5) is 21.0 Å². The summed E-state index contributed by atoms with van der Waals surface area (Å²) in [6.45, 7) is 2.47. The van der Waals surface area contributed by atoms with E-state index in [9.17, 15) is 14.4 Å². The molecule has 1 saturated heterocycles. The second-order valence-electron chi connectivity index (χ2n) is 6.00. The average Bonchev–Trinajstić information content (AvgIpc) is 3.27. The number of benzene rings is 1. The minimum absolute atomic E-state index is 0.00240. The van der Waals surface area contributed by atoms with Gasteiger partial charge >= 0.3 is 12.1 Å². The van der Waals surface area contributed by atoms with Crippen LogP contribution in [-0.2, 0) is 4.79 Å². The normalized spacial score (nSPS) is 17.2. The summed E-state index contributed by atoms with van der Waals surface area (Å²) in [6, 6.07) is 4.44. The molecule has 5 amide bonds. The van der Waals surface area contributed by atoms with Gasteiger partial charge in [-0.3, -0.25) is 4.79 Å². The standard InChI is InChI=1S/C16H20N4O3/c1-10-2-5-12(19-15(22)17-7-6-11-3-4-11)8-13(10)20-14(21)9-18-16(20)23/h2,5,8,11H,3-4,6-7,9H2,1H3,(H,18,23)(H2,17,19,22). The number of urea groups is 2. The van der Waals surface area contributed by atoms with E-state index in [0.29, 0.717) is 17.9 Å².